The Morgan fingerprint density at radius 3 is 2.81 bits per heavy atom. The lowest BCUT2D eigenvalue weighted by atomic mass is 10.1. The number of nitrogens with zero attached hydrogens (tertiary/aromatic N) is 1. The Kier molecular flexibility index (Phi) is 3.36. The van der Waals surface area contributed by atoms with Crippen molar-refractivity contribution in [3.05, 3.63) is 40.9 Å². The van der Waals surface area contributed by atoms with E-state index in [0.717, 1.165) is 9.88 Å². The molecule has 0 bridgehead atoms. The molecule has 2 rings (SSSR count). The van der Waals surface area contributed by atoms with Crippen LogP contribution in [0.15, 0.2) is 30.5 Å². The summed E-state index contributed by atoms with van der Waals surface area (Å²) in [6.07, 6.45) is 2.24. The molecule has 0 aliphatic heterocycles. The molecule has 0 aliphatic rings. The molecule has 0 saturated carbocycles. The van der Waals surface area contributed by atoms with E-state index in [0.29, 0.717) is 6.42 Å². The standard InChI is InChI=1S/C13H15NOS/c1-9-5-3-4-6-12(9)13-14-8-11(16-13)7-10(2)15/h3-6,8,10,15H,7H2,1-2H3. The van der Waals surface area contributed by atoms with Crippen molar-refractivity contribution in [2.75, 3.05) is 0 Å². The minimum atomic E-state index is -0.301. The number of aliphatic hydroxyl groups is 1. The van der Waals surface area contributed by atoms with Crippen molar-refractivity contribution in [1.29, 1.82) is 0 Å². The molecule has 2 aromatic rings. The van der Waals surface area contributed by atoms with Gasteiger partial charge < -0.3 is 5.11 Å². The van der Waals surface area contributed by atoms with Gasteiger partial charge in [-0.1, -0.05) is 24.3 Å². The van der Waals surface area contributed by atoms with Gasteiger partial charge in [-0.05, 0) is 19.4 Å². The minimum absolute atomic E-state index is 0.301. The van der Waals surface area contributed by atoms with Gasteiger partial charge >= 0.3 is 0 Å². The van der Waals surface area contributed by atoms with Crippen molar-refractivity contribution in [3.8, 4) is 10.6 Å². The summed E-state index contributed by atoms with van der Waals surface area (Å²) in [7, 11) is 0. The van der Waals surface area contributed by atoms with Gasteiger partial charge in [-0.3, -0.25) is 0 Å². The summed E-state index contributed by atoms with van der Waals surface area (Å²) < 4.78 is 0. The number of benzene rings is 1. The second-order valence-corrected chi connectivity index (χ2v) is 5.11. The smallest absolute Gasteiger partial charge is 0.123 e. The molecule has 1 unspecified atom stereocenters. The Hall–Kier alpha value is -1.19. The van der Waals surface area contributed by atoms with Gasteiger partial charge in [0.15, 0.2) is 0 Å². The van der Waals surface area contributed by atoms with Crippen LogP contribution in [0.4, 0.5) is 0 Å². The van der Waals surface area contributed by atoms with E-state index in [1.165, 1.54) is 11.1 Å². The monoisotopic (exact) mass is 233 g/mol. The van der Waals surface area contributed by atoms with Gasteiger partial charge in [-0.2, -0.15) is 0 Å². The van der Waals surface area contributed by atoms with Crippen LogP contribution in [0, 0.1) is 6.92 Å². The van der Waals surface area contributed by atoms with E-state index in [1.54, 1.807) is 18.3 Å². The molecular formula is C13H15NOS. The summed E-state index contributed by atoms with van der Waals surface area (Å²) >= 11 is 1.66. The molecule has 16 heavy (non-hydrogen) atoms. The van der Waals surface area contributed by atoms with Gasteiger partial charge in [0.05, 0.1) is 6.10 Å². The fourth-order valence-corrected chi connectivity index (χ4v) is 2.75. The molecule has 1 heterocycles. The van der Waals surface area contributed by atoms with Gasteiger partial charge in [-0.15, -0.1) is 11.3 Å². The number of hydrogen-bond acceptors (Lipinski definition) is 3. The molecule has 0 radical (unpaired) electrons. The number of aliphatic hydroxyl groups excluding tert-OH is 1. The number of aromatic nitrogens is 1. The van der Waals surface area contributed by atoms with Crippen LogP contribution >= 0.6 is 11.3 Å². The highest BCUT2D eigenvalue weighted by atomic mass is 32.1. The summed E-state index contributed by atoms with van der Waals surface area (Å²) in [6, 6.07) is 8.23. The van der Waals surface area contributed by atoms with Crippen molar-refractivity contribution in [2.24, 2.45) is 0 Å². The maximum absolute atomic E-state index is 9.32. The lowest BCUT2D eigenvalue weighted by Crippen LogP contribution is -2.01. The third-order valence-corrected chi connectivity index (χ3v) is 3.48. The molecule has 1 N–H and O–H groups in total. The van der Waals surface area contributed by atoms with Gasteiger partial charge in [0, 0.05) is 23.1 Å². The van der Waals surface area contributed by atoms with Gasteiger partial charge in [0.2, 0.25) is 0 Å². The fraction of sp³-hybridized carbons (Fsp3) is 0.308. The lowest BCUT2D eigenvalue weighted by molar-refractivity contribution is 0.196. The first-order chi connectivity index (χ1) is 7.66. The summed E-state index contributed by atoms with van der Waals surface area (Å²) in [4.78, 5) is 5.54. The molecule has 1 aromatic heterocycles. The Balaban J connectivity index is 2.28. The van der Waals surface area contributed by atoms with Crippen LogP contribution in [0.5, 0.6) is 0 Å². The zero-order valence-electron chi connectivity index (χ0n) is 9.47. The van der Waals surface area contributed by atoms with E-state index in [-0.39, 0.29) is 6.10 Å². The van der Waals surface area contributed by atoms with Gasteiger partial charge in [0.1, 0.15) is 5.01 Å². The minimum Gasteiger partial charge on any atom is -0.393 e. The van der Waals surface area contributed by atoms with Crippen molar-refractivity contribution in [1.82, 2.24) is 4.98 Å². The molecular weight excluding hydrogens is 218 g/mol. The van der Waals surface area contributed by atoms with Crippen molar-refractivity contribution in [2.45, 2.75) is 26.4 Å². The topological polar surface area (TPSA) is 33.1 Å². The number of rotatable bonds is 3. The molecule has 0 spiro atoms. The molecule has 0 aliphatic carbocycles. The predicted molar refractivity (Wildman–Crippen MR) is 67.7 cm³/mol. The Bertz CT molecular complexity index is 476. The molecule has 84 valence electrons. The lowest BCUT2D eigenvalue weighted by Gasteiger charge is -2.01. The average Bonchev–Trinajstić information content (AvgIpc) is 2.66. The Labute approximate surface area is 99.6 Å². The quantitative estimate of drug-likeness (QED) is 0.884. The zero-order valence-corrected chi connectivity index (χ0v) is 10.3. The Morgan fingerprint density at radius 1 is 1.38 bits per heavy atom. The first-order valence-corrected chi connectivity index (χ1v) is 6.17. The van der Waals surface area contributed by atoms with E-state index >= 15 is 0 Å². The highest BCUT2D eigenvalue weighted by Crippen LogP contribution is 2.28. The number of thiazole rings is 1. The molecule has 0 saturated heterocycles. The fourth-order valence-electron chi connectivity index (χ4n) is 1.63. The maximum atomic E-state index is 9.32. The normalized spacial score (nSPS) is 12.7. The zero-order chi connectivity index (χ0) is 11.5. The summed E-state index contributed by atoms with van der Waals surface area (Å²) in [6.45, 7) is 3.89. The molecule has 3 heteroatoms. The van der Waals surface area contributed by atoms with Crippen LogP contribution in [0.2, 0.25) is 0 Å². The number of aryl methyl sites for hydroxylation is 1. The maximum Gasteiger partial charge on any atom is 0.123 e. The van der Waals surface area contributed by atoms with Crippen molar-refractivity contribution < 1.29 is 5.11 Å². The van der Waals surface area contributed by atoms with Crippen LogP contribution in [0.1, 0.15) is 17.4 Å². The van der Waals surface area contributed by atoms with E-state index < -0.39 is 0 Å². The molecule has 0 amide bonds. The van der Waals surface area contributed by atoms with Crippen LogP contribution < -0.4 is 0 Å². The highest BCUT2D eigenvalue weighted by molar-refractivity contribution is 7.15. The highest BCUT2D eigenvalue weighted by Gasteiger charge is 2.08. The predicted octanol–water partition coefficient (Wildman–Crippen LogP) is 3.04. The van der Waals surface area contributed by atoms with Crippen LogP contribution in [0.3, 0.4) is 0 Å². The first-order valence-electron chi connectivity index (χ1n) is 5.35. The third kappa shape index (κ3) is 2.49. The van der Waals surface area contributed by atoms with Crippen molar-refractivity contribution in [3.63, 3.8) is 0 Å². The van der Waals surface area contributed by atoms with Crippen LogP contribution in [-0.2, 0) is 6.42 Å². The molecule has 1 atom stereocenters. The largest absolute Gasteiger partial charge is 0.393 e. The average molecular weight is 233 g/mol. The number of hydrogen-bond donors (Lipinski definition) is 1. The van der Waals surface area contributed by atoms with E-state index in [2.05, 4.69) is 24.0 Å². The first kappa shape index (κ1) is 11.3. The summed E-state index contributed by atoms with van der Waals surface area (Å²) in [5.74, 6) is 0. The molecule has 0 fully saturated rings. The van der Waals surface area contributed by atoms with Crippen LogP contribution in [-0.4, -0.2) is 16.2 Å². The van der Waals surface area contributed by atoms with Crippen LogP contribution in [0.25, 0.3) is 10.6 Å². The van der Waals surface area contributed by atoms with E-state index in [1.807, 2.05) is 18.3 Å². The Morgan fingerprint density at radius 2 is 2.12 bits per heavy atom. The summed E-state index contributed by atoms with van der Waals surface area (Å²) in [5, 5.41) is 10.4. The van der Waals surface area contributed by atoms with Gasteiger partial charge in [-0.25, -0.2) is 4.98 Å². The SMILES string of the molecule is Cc1ccccc1-c1ncc(CC(C)O)s1. The van der Waals surface area contributed by atoms with Gasteiger partial charge in [0.25, 0.3) is 0 Å². The second-order valence-electron chi connectivity index (χ2n) is 4.00. The van der Waals surface area contributed by atoms with Crippen molar-refractivity contribution >= 4 is 11.3 Å². The molecule has 2 nitrogen and oxygen atoms in total. The summed E-state index contributed by atoms with van der Waals surface area (Å²) in [5.41, 5.74) is 2.42. The second kappa shape index (κ2) is 4.76. The van der Waals surface area contributed by atoms with E-state index in [9.17, 15) is 5.11 Å². The van der Waals surface area contributed by atoms with E-state index in [4.69, 9.17) is 0 Å². The third-order valence-electron chi connectivity index (χ3n) is 2.43. The molecule has 1 aromatic carbocycles.